The molecule has 0 fully saturated rings. The van der Waals surface area contributed by atoms with Crippen LogP contribution in [0.15, 0.2) is 54.6 Å². The Morgan fingerprint density at radius 1 is 0.968 bits per heavy atom. The lowest BCUT2D eigenvalue weighted by molar-refractivity contribution is -0.145. The Balaban J connectivity index is 2.22. The first-order valence-electron chi connectivity index (χ1n) is 9.79. The van der Waals surface area contributed by atoms with Gasteiger partial charge in [-0.25, -0.2) is 9.59 Å². The number of carbonyl (C=O) groups is 3. The lowest BCUT2D eigenvalue weighted by atomic mass is 10.0. The Labute approximate surface area is 181 Å². The van der Waals surface area contributed by atoms with Gasteiger partial charge in [-0.3, -0.25) is 4.79 Å². The van der Waals surface area contributed by atoms with Crippen LogP contribution in [0.2, 0.25) is 0 Å². The van der Waals surface area contributed by atoms with Crippen molar-refractivity contribution in [1.82, 2.24) is 10.6 Å². The van der Waals surface area contributed by atoms with Gasteiger partial charge in [-0.2, -0.15) is 0 Å². The molecule has 0 aliphatic carbocycles. The number of hydrogen-bond acceptors (Lipinski definition) is 6. The Morgan fingerprint density at radius 3 is 2.13 bits per heavy atom. The van der Waals surface area contributed by atoms with Gasteiger partial charge < -0.3 is 25.2 Å². The van der Waals surface area contributed by atoms with Crippen molar-refractivity contribution < 1.29 is 29.0 Å². The molecule has 0 heterocycles. The van der Waals surface area contributed by atoms with Gasteiger partial charge in [0.25, 0.3) is 0 Å². The van der Waals surface area contributed by atoms with Crippen LogP contribution in [0.1, 0.15) is 37.9 Å². The molecule has 0 bridgehead atoms. The standard InChI is InChI=1S/C23H28N2O6/c1-23(2,3)31-22(29)25-19(16-8-6-5-7-9-16)20(27)24-18(21(28)30-4)14-15-10-12-17(26)13-11-15/h5-13,18-19,26H,14H2,1-4H3,(H,24,27)(H,25,29)/t18-,19+/m0/s1. The van der Waals surface area contributed by atoms with E-state index in [2.05, 4.69) is 10.6 Å². The third kappa shape index (κ3) is 7.65. The van der Waals surface area contributed by atoms with Crippen molar-refractivity contribution in [1.29, 1.82) is 0 Å². The molecular weight excluding hydrogens is 400 g/mol. The van der Waals surface area contributed by atoms with Crippen molar-refractivity contribution in [3.05, 3.63) is 65.7 Å². The number of amides is 2. The quantitative estimate of drug-likeness (QED) is 0.585. The first kappa shape index (κ1) is 23.7. The van der Waals surface area contributed by atoms with E-state index in [1.165, 1.54) is 19.2 Å². The normalized spacial score (nSPS) is 12.9. The second kappa shape index (κ2) is 10.5. The van der Waals surface area contributed by atoms with E-state index in [1.54, 1.807) is 63.2 Å². The molecule has 31 heavy (non-hydrogen) atoms. The third-order valence-corrected chi connectivity index (χ3v) is 4.23. The van der Waals surface area contributed by atoms with Gasteiger partial charge in [-0.15, -0.1) is 0 Å². The van der Waals surface area contributed by atoms with Crippen LogP contribution in [0.5, 0.6) is 5.75 Å². The smallest absolute Gasteiger partial charge is 0.408 e. The maximum Gasteiger partial charge on any atom is 0.408 e. The molecule has 0 saturated heterocycles. The van der Waals surface area contributed by atoms with E-state index < -0.39 is 35.7 Å². The molecule has 0 aromatic heterocycles. The molecule has 0 aliphatic heterocycles. The largest absolute Gasteiger partial charge is 0.508 e. The number of benzene rings is 2. The molecule has 0 unspecified atom stereocenters. The average molecular weight is 428 g/mol. The van der Waals surface area contributed by atoms with Crippen LogP contribution >= 0.6 is 0 Å². The molecule has 0 saturated carbocycles. The highest BCUT2D eigenvalue weighted by Crippen LogP contribution is 2.17. The minimum absolute atomic E-state index is 0.0908. The zero-order valence-corrected chi connectivity index (χ0v) is 18.0. The first-order valence-corrected chi connectivity index (χ1v) is 9.79. The Kier molecular flexibility index (Phi) is 8.01. The van der Waals surface area contributed by atoms with Crippen LogP contribution in [0.25, 0.3) is 0 Å². The monoisotopic (exact) mass is 428 g/mol. The lowest BCUT2D eigenvalue weighted by Gasteiger charge is -2.25. The van der Waals surface area contributed by atoms with Gasteiger partial charge in [0.05, 0.1) is 7.11 Å². The summed E-state index contributed by atoms with van der Waals surface area (Å²) in [6.07, 6.45) is -0.614. The maximum absolute atomic E-state index is 13.1. The first-order chi connectivity index (χ1) is 14.6. The van der Waals surface area contributed by atoms with Crippen LogP contribution < -0.4 is 10.6 Å². The van der Waals surface area contributed by atoms with Crippen molar-refractivity contribution >= 4 is 18.0 Å². The number of aromatic hydroxyl groups is 1. The van der Waals surface area contributed by atoms with E-state index in [9.17, 15) is 19.5 Å². The molecule has 2 atom stereocenters. The van der Waals surface area contributed by atoms with Crippen LogP contribution in [0.3, 0.4) is 0 Å². The summed E-state index contributed by atoms with van der Waals surface area (Å²) >= 11 is 0. The predicted molar refractivity (Wildman–Crippen MR) is 114 cm³/mol. The van der Waals surface area contributed by atoms with E-state index in [1.807, 2.05) is 0 Å². The van der Waals surface area contributed by atoms with Crippen molar-refractivity contribution in [2.45, 2.75) is 44.9 Å². The number of nitrogens with one attached hydrogen (secondary N) is 2. The maximum atomic E-state index is 13.1. The van der Waals surface area contributed by atoms with E-state index in [-0.39, 0.29) is 12.2 Å². The van der Waals surface area contributed by atoms with Crippen LogP contribution in [-0.2, 0) is 25.5 Å². The number of alkyl carbamates (subject to hydrolysis) is 1. The summed E-state index contributed by atoms with van der Waals surface area (Å²) in [4.78, 5) is 37.7. The zero-order valence-electron chi connectivity index (χ0n) is 18.0. The average Bonchev–Trinajstić information content (AvgIpc) is 2.71. The van der Waals surface area contributed by atoms with Gasteiger partial charge >= 0.3 is 12.1 Å². The molecule has 2 aromatic rings. The number of rotatable bonds is 7. The molecule has 2 amide bonds. The molecule has 0 radical (unpaired) electrons. The third-order valence-electron chi connectivity index (χ3n) is 4.23. The number of methoxy groups -OCH3 is 1. The molecular formula is C23H28N2O6. The summed E-state index contributed by atoms with van der Waals surface area (Å²) in [5, 5.41) is 14.7. The molecule has 166 valence electrons. The number of phenolic OH excluding ortho intramolecular Hbond substituents is 1. The summed E-state index contributed by atoms with van der Waals surface area (Å²) in [6.45, 7) is 5.15. The zero-order chi connectivity index (χ0) is 23.0. The summed E-state index contributed by atoms with van der Waals surface area (Å²) in [5.41, 5.74) is 0.499. The number of carbonyl (C=O) groups excluding carboxylic acids is 3. The van der Waals surface area contributed by atoms with Gasteiger partial charge in [0, 0.05) is 6.42 Å². The molecule has 8 nitrogen and oxygen atoms in total. The molecule has 8 heteroatoms. The fourth-order valence-electron chi connectivity index (χ4n) is 2.83. The minimum atomic E-state index is -1.08. The second-order valence-corrected chi connectivity index (χ2v) is 7.94. The van der Waals surface area contributed by atoms with Crippen LogP contribution in [0, 0.1) is 0 Å². The summed E-state index contributed by atoms with van der Waals surface area (Å²) < 4.78 is 10.1. The Bertz CT molecular complexity index is 891. The summed E-state index contributed by atoms with van der Waals surface area (Å²) in [5.74, 6) is -1.13. The molecule has 3 N–H and O–H groups in total. The van der Waals surface area contributed by atoms with Gasteiger partial charge in [-0.1, -0.05) is 42.5 Å². The number of ether oxygens (including phenoxy) is 2. The van der Waals surface area contributed by atoms with Gasteiger partial charge in [0.2, 0.25) is 5.91 Å². The van der Waals surface area contributed by atoms with E-state index in [0.29, 0.717) is 11.1 Å². The Hall–Kier alpha value is -3.55. The topological polar surface area (TPSA) is 114 Å². The highest BCUT2D eigenvalue weighted by Gasteiger charge is 2.30. The van der Waals surface area contributed by atoms with E-state index >= 15 is 0 Å². The van der Waals surface area contributed by atoms with Crippen molar-refractivity contribution in [2.24, 2.45) is 0 Å². The van der Waals surface area contributed by atoms with Crippen molar-refractivity contribution in [2.75, 3.05) is 7.11 Å². The molecule has 0 spiro atoms. The van der Waals surface area contributed by atoms with Crippen LogP contribution in [0.4, 0.5) is 4.79 Å². The number of esters is 1. The SMILES string of the molecule is COC(=O)[C@H](Cc1ccc(O)cc1)NC(=O)[C@H](NC(=O)OC(C)(C)C)c1ccccc1. The summed E-state index contributed by atoms with van der Waals surface area (Å²) in [7, 11) is 1.23. The number of hydrogen-bond donors (Lipinski definition) is 3. The van der Waals surface area contributed by atoms with Gasteiger partial charge in [0.1, 0.15) is 23.4 Å². The Morgan fingerprint density at radius 2 is 1.58 bits per heavy atom. The fourth-order valence-corrected chi connectivity index (χ4v) is 2.83. The molecule has 2 rings (SSSR count). The van der Waals surface area contributed by atoms with Gasteiger partial charge in [0.15, 0.2) is 0 Å². The lowest BCUT2D eigenvalue weighted by Crippen LogP contribution is -2.49. The molecule has 2 aromatic carbocycles. The highest BCUT2D eigenvalue weighted by molar-refractivity contribution is 5.90. The molecule has 0 aliphatic rings. The van der Waals surface area contributed by atoms with Gasteiger partial charge in [-0.05, 0) is 44.0 Å². The predicted octanol–water partition coefficient (Wildman–Crippen LogP) is 2.86. The number of phenols is 1. The minimum Gasteiger partial charge on any atom is -0.508 e. The fraction of sp³-hybridized carbons (Fsp3) is 0.348. The van der Waals surface area contributed by atoms with Crippen molar-refractivity contribution in [3.8, 4) is 5.75 Å². The highest BCUT2D eigenvalue weighted by atomic mass is 16.6. The summed E-state index contributed by atoms with van der Waals surface area (Å²) in [6, 6.07) is 12.8. The van der Waals surface area contributed by atoms with E-state index in [4.69, 9.17) is 9.47 Å². The second-order valence-electron chi connectivity index (χ2n) is 7.94. The van der Waals surface area contributed by atoms with Crippen LogP contribution in [-0.4, -0.2) is 41.8 Å². The van der Waals surface area contributed by atoms with Crippen molar-refractivity contribution in [3.63, 3.8) is 0 Å². The van der Waals surface area contributed by atoms with E-state index in [0.717, 1.165) is 0 Å².